The van der Waals surface area contributed by atoms with Crippen LogP contribution in [0.25, 0.3) is 4.85 Å². The highest BCUT2D eigenvalue weighted by Gasteiger charge is 2.38. The van der Waals surface area contributed by atoms with Crippen molar-refractivity contribution in [2.75, 3.05) is 59.2 Å². The number of sulfone groups is 1. The van der Waals surface area contributed by atoms with Crippen molar-refractivity contribution in [2.24, 2.45) is 11.7 Å². The van der Waals surface area contributed by atoms with Crippen LogP contribution in [0.2, 0.25) is 5.02 Å². The van der Waals surface area contributed by atoms with Gasteiger partial charge in [0.2, 0.25) is 0 Å². The summed E-state index contributed by atoms with van der Waals surface area (Å²) in [6.45, 7) is 13.5. The summed E-state index contributed by atoms with van der Waals surface area (Å²) in [6.07, 6.45) is 1.22. The third-order valence-corrected chi connectivity index (χ3v) is 9.58. The van der Waals surface area contributed by atoms with Gasteiger partial charge in [0.25, 0.3) is 0 Å². The van der Waals surface area contributed by atoms with Crippen molar-refractivity contribution in [3.8, 4) is 5.75 Å². The average Bonchev–Trinajstić information content (AvgIpc) is 3.46. The van der Waals surface area contributed by atoms with Gasteiger partial charge in [-0.25, -0.2) is 13.3 Å². The molecular formula is C28H37ClN4O4S. The maximum absolute atomic E-state index is 13.3. The molecule has 8 nitrogen and oxygen atoms in total. The molecule has 10 heteroatoms. The van der Waals surface area contributed by atoms with Crippen LogP contribution >= 0.6 is 11.6 Å². The largest absolute Gasteiger partial charge is 0.484 e. The highest BCUT2D eigenvalue weighted by atomic mass is 35.5. The molecule has 0 unspecified atom stereocenters. The highest BCUT2D eigenvalue weighted by molar-refractivity contribution is 7.91. The Labute approximate surface area is 231 Å². The zero-order valence-electron chi connectivity index (χ0n) is 22.3. The lowest BCUT2D eigenvalue weighted by Crippen LogP contribution is -2.34. The number of hydrogen-bond acceptors (Lipinski definition) is 7. The summed E-state index contributed by atoms with van der Waals surface area (Å²) in [7, 11) is 0.545. The number of nitrogens with zero attached hydrogens (tertiary/aromatic N) is 3. The zero-order chi connectivity index (χ0) is 27.4. The van der Waals surface area contributed by atoms with Crippen molar-refractivity contribution in [2.45, 2.75) is 36.8 Å². The van der Waals surface area contributed by atoms with E-state index in [-0.39, 0.29) is 23.8 Å². The van der Waals surface area contributed by atoms with E-state index >= 15 is 0 Å². The summed E-state index contributed by atoms with van der Waals surface area (Å²) >= 11 is 6.33. The molecular weight excluding hydrogens is 524 g/mol. The van der Waals surface area contributed by atoms with Crippen LogP contribution in [0.4, 0.5) is 5.69 Å². The molecule has 2 aliphatic rings. The molecule has 38 heavy (non-hydrogen) atoms. The van der Waals surface area contributed by atoms with E-state index in [0.717, 1.165) is 42.7 Å². The van der Waals surface area contributed by atoms with E-state index in [1.54, 1.807) is 24.3 Å². The number of hydrogen-bond donors (Lipinski definition) is 1. The number of halogens is 1. The Morgan fingerprint density at radius 3 is 2.71 bits per heavy atom. The molecule has 2 aromatic rings. The molecule has 1 saturated heterocycles. The van der Waals surface area contributed by atoms with Crippen LogP contribution in [0.5, 0.6) is 5.75 Å². The lowest BCUT2D eigenvalue weighted by molar-refractivity contribution is 0.110. The first-order valence-corrected chi connectivity index (χ1v) is 15.0. The predicted octanol–water partition coefficient (Wildman–Crippen LogP) is 3.88. The smallest absolute Gasteiger partial charge is 0.192 e. The Hall–Kier alpha value is -2.19. The Bertz CT molecular complexity index is 1290. The third kappa shape index (κ3) is 6.50. The lowest BCUT2D eigenvalue weighted by Gasteiger charge is -2.28. The number of fused-ring (bicyclic) bond motifs is 1. The van der Waals surface area contributed by atoms with E-state index in [1.165, 1.54) is 0 Å². The van der Waals surface area contributed by atoms with Gasteiger partial charge < -0.3 is 25.0 Å². The van der Waals surface area contributed by atoms with E-state index in [0.29, 0.717) is 47.5 Å². The van der Waals surface area contributed by atoms with Crippen LogP contribution in [0, 0.1) is 19.4 Å². The van der Waals surface area contributed by atoms with Gasteiger partial charge in [-0.05, 0) is 93.3 Å². The van der Waals surface area contributed by atoms with Crippen molar-refractivity contribution in [3.63, 3.8) is 0 Å². The first-order valence-electron chi connectivity index (χ1n) is 13.0. The second-order valence-corrected chi connectivity index (χ2v) is 12.9. The van der Waals surface area contributed by atoms with Crippen LogP contribution in [0.15, 0.2) is 35.2 Å². The minimum Gasteiger partial charge on any atom is -0.484 e. The van der Waals surface area contributed by atoms with E-state index in [1.807, 2.05) is 27.1 Å². The van der Waals surface area contributed by atoms with Gasteiger partial charge in [0, 0.05) is 24.7 Å². The van der Waals surface area contributed by atoms with Crippen LogP contribution in [-0.4, -0.2) is 83.5 Å². The molecule has 1 fully saturated rings. The first kappa shape index (κ1) is 28.8. The first-order chi connectivity index (χ1) is 18.1. The summed E-state index contributed by atoms with van der Waals surface area (Å²) in [5.74, 6) is 0.856. The quantitative estimate of drug-likeness (QED) is 0.329. The third-order valence-electron chi connectivity index (χ3n) is 7.48. The Morgan fingerprint density at radius 2 is 2.03 bits per heavy atom. The molecule has 0 bridgehead atoms. The number of likely N-dealkylation sites (tertiary alicyclic amines) is 1. The van der Waals surface area contributed by atoms with Gasteiger partial charge in [-0.2, -0.15) is 0 Å². The molecule has 0 amide bonds. The van der Waals surface area contributed by atoms with Crippen LogP contribution < -0.4 is 10.5 Å². The summed E-state index contributed by atoms with van der Waals surface area (Å²) in [5.41, 5.74) is 8.64. The molecule has 206 valence electrons. The van der Waals surface area contributed by atoms with Gasteiger partial charge in [0.15, 0.2) is 15.5 Å². The lowest BCUT2D eigenvalue weighted by atomic mass is 10.1. The topological polar surface area (TPSA) is 89.5 Å². The second-order valence-electron chi connectivity index (χ2n) is 10.4. The fourth-order valence-corrected chi connectivity index (χ4v) is 7.40. The molecule has 1 aliphatic carbocycles. The Morgan fingerprint density at radius 1 is 1.24 bits per heavy atom. The number of ether oxygens (including phenoxy) is 2. The van der Waals surface area contributed by atoms with Crippen molar-refractivity contribution in [1.82, 2.24) is 9.80 Å². The van der Waals surface area contributed by atoms with Crippen molar-refractivity contribution < 1.29 is 17.9 Å². The van der Waals surface area contributed by atoms with Crippen molar-refractivity contribution in [3.05, 3.63) is 63.5 Å². The van der Waals surface area contributed by atoms with Gasteiger partial charge in [0.1, 0.15) is 11.9 Å². The van der Waals surface area contributed by atoms with Crippen LogP contribution in [0.1, 0.15) is 29.2 Å². The van der Waals surface area contributed by atoms with E-state index in [9.17, 15) is 8.42 Å². The molecule has 1 aliphatic heterocycles. The van der Waals surface area contributed by atoms with Crippen LogP contribution in [-0.2, 0) is 21.0 Å². The standard InChI is InChI=1S/C28H37ClN4O4S/c1-19-13-22(38(34,35)18-20-7-9-33(17-20)10-12-36-11-8-30)5-6-27(19)37-28-24-14-21(29)15-25(31-2)23(24)16-26(28)32(3)4/h5-6,13-15,20,26,28H,7-12,16-18,30H2,1,3-4H3/t20-,26-,28-/m0/s1. The number of nitrogens with two attached hydrogens (primary N) is 1. The zero-order valence-corrected chi connectivity index (χ0v) is 23.9. The summed E-state index contributed by atoms with van der Waals surface area (Å²) in [5, 5.41) is 0.509. The molecule has 0 radical (unpaired) electrons. The van der Waals surface area contributed by atoms with Crippen molar-refractivity contribution >= 4 is 27.1 Å². The van der Waals surface area contributed by atoms with E-state index < -0.39 is 9.84 Å². The van der Waals surface area contributed by atoms with Gasteiger partial charge in [-0.15, -0.1) is 0 Å². The normalized spacial score (nSPS) is 21.6. The van der Waals surface area contributed by atoms with Gasteiger partial charge >= 0.3 is 0 Å². The fraction of sp³-hybridized carbons (Fsp3) is 0.536. The highest BCUT2D eigenvalue weighted by Crippen LogP contribution is 2.44. The Balaban J connectivity index is 1.46. The molecule has 0 saturated carbocycles. The average molecular weight is 561 g/mol. The predicted molar refractivity (Wildman–Crippen MR) is 150 cm³/mol. The maximum atomic E-state index is 13.3. The fourth-order valence-electron chi connectivity index (χ4n) is 5.46. The molecule has 2 aromatic carbocycles. The summed E-state index contributed by atoms with van der Waals surface area (Å²) in [6, 6.07) is 8.71. The summed E-state index contributed by atoms with van der Waals surface area (Å²) < 4.78 is 38.5. The SMILES string of the molecule is [C-]#[N+]c1cc(Cl)cc2c1C[C@H](N(C)C)[C@H]2Oc1ccc(S(=O)(=O)C[C@H]2CCN(CCOCCN)C2)cc1C. The molecule has 1 heterocycles. The van der Waals surface area contributed by atoms with Crippen molar-refractivity contribution in [1.29, 1.82) is 0 Å². The molecule has 0 spiro atoms. The minimum absolute atomic E-state index is 0.0257. The maximum Gasteiger partial charge on any atom is 0.192 e. The molecule has 4 rings (SSSR count). The van der Waals surface area contributed by atoms with Gasteiger partial charge in [-0.3, -0.25) is 0 Å². The summed E-state index contributed by atoms with van der Waals surface area (Å²) in [4.78, 5) is 8.34. The molecule has 2 N–H and O–H groups in total. The van der Waals surface area contributed by atoms with Gasteiger partial charge in [-0.1, -0.05) is 11.6 Å². The molecule has 3 atom stereocenters. The number of likely N-dealkylation sites (N-methyl/N-ethyl adjacent to an activating group) is 1. The number of aryl methyl sites for hydroxylation is 1. The molecule has 0 aromatic heterocycles. The van der Waals surface area contributed by atoms with Gasteiger partial charge in [0.05, 0.1) is 36.5 Å². The minimum atomic E-state index is -3.44. The number of benzene rings is 2. The number of rotatable bonds is 11. The van der Waals surface area contributed by atoms with E-state index in [2.05, 4.69) is 14.6 Å². The van der Waals surface area contributed by atoms with E-state index in [4.69, 9.17) is 33.4 Å². The second kappa shape index (κ2) is 12.3. The van der Waals surface area contributed by atoms with Crippen LogP contribution in [0.3, 0.4) is 0 Å². The monoisotopic (exact) mass is 560 g/mol. The Kier molecular flexibility index (Phi) is 9.35.